The van der Waals surface area contributed by atoms with Crippen molar-refractivity contribution in [1.82, 2.24) is 0 Å². The number of ether oxygens (including phenoxy) is 2. The number of halogens is 1. The number of anilines is 1. The summed E-state index contributed by atoms with van der Waals surface area (Å²) in [5.41, 5.74) is 2.39. The van der Waals surface area contributed by atoms with E-state index in [4.69, 9.17) is 9.47 Å². The van der Waals surface area contributed by atoms with Crippen LogP contribution in [0.1, 0.15) is 21.5 Å². The minimum Gasteiger partial charge on any atom is -0.465 e. The number of nitrogens with zero attached hydrogens (tertiary/aromatic N) is 1. The van der Waals surface area contributed by atoms with Crippen LogP contribution in [0.2, 0.25) is 0 Å². The van der Waals surface area contributed by atoms with Crippen LogP contribution in [0.3, 0.4) is 0 Å². The van der Waals surface area contributed by atoms with Crippen LogP contribution in [0.4, 0.5) is 10.1 Å². The van der Waals surface area contributed by atoms with Crippen LogP contribution in [0.5, 0.6) is 5.75 Å². The number of benzene rings is 3. The van der Waals surface area contributed by atoms with Crippen LogP contribution in [0, 0.1) is 5.82 Å². The van der Waals surface area contributed by atoms with E-state index in [1.54, 1.807) is 59.5 Å². The third-order valence-electron chi connectivity index (χ3n) is 4.69. The predicted molar refractivity (Wildman–Crippen MR) is 110 cm³/mol. The van der Waals surface area contributed by atoms with Crippen LogP contribution < -0.4 is 9.64 Å². The second kappa shape index (κ2) is 8.21. The van der Waals surface area contributed by atoms with Crippen LogP contribution in [-0.4, -0.2) is 19.0 Å². The summed E-state index contributed by atoms with van der Waals surface area (Å²) < 4.78 is 24.2. The average molecular weight is 403 g/mol. The summed E-state index contributed by atoms with van der Waals surface area (Å²) in [6.07, 6.45) is 1.61. The highest BCUT2D eigenvalue weighted by Gasteiger charge is 2.30. The zero-order chi connectivity index (χ0) is 21.1. The molecular weight excluding hydrogens is 385 g/mol. The van der Waals surface area contributed by atoms with Gasteiger partial charge in [-0.3, -0.25) is 9.69 Å². The largest absolute Gasteiger partial charge is 0.465 e. The van der Waals surface area contributed by atoms with Gasteiger partial charge in [0, 0.05) is 0 Å². The fraction of sp³-hybridized carbons (Fsp3) is 0.0833. The first-order chi connectivity index (χ1) is 14.5. The molecule has 0 aliphatic carbocycles. The van der Waals surface area contributed by atoms with Gasteiger partial charge in [-0.25, -0.2) is 9.18 Å². The maximum atomic E-state index is 13.6. The van der Waals surface area contributed by atoms with Crippen LogP contribution in [0.15, 0.2) is 78.6 Å². The Morgan fingerprint density at radius 2 is 1.83 bits per heavy atom. The maximum Gasteiger partial charge on any atom is 0.337 e. The molecule has 0 aromatic heterocycles. The summed E-state index contributed by atoms with van der Waals surface area (Å²) in [5, 5.41) is 0. The fourth-order valence-electron chi connectivity index (χ4n) is 3.22. The van der Waals surface area contributed by atoms with Gasteiger partial charge in [0.15, 0.2) is 11.5 Å². The Bertz CT molecular complexity index is 1140. The van der Waals surface area contributed by atoms with Crippen molar-refractivity contribution in [2.75, 3.05) is 12.0 Å². The number of para-hydroxylation sites is 2. The third kappa shape index (κ3) is 3.93. The number of fused-ring (bicyclic) bond motifs is 1. The van der Waals surface area contributed by atoms with Crippen LogP contribution in [-0.2, 0) is 16.1 Å². The van der Waals surface area contributed by atoms with Crippen molar-refractivity contribution in [2.24, 2.45) is 0 Å². The standard InChI is InChI=1S/C24H18FNO4/c1-29-24(28)18-11-9-16(10-12-18)14-22-23(27)26(15-17-5-4-6-19(25)13-17)20-7-2-3-8-21(20)30-22/h2-14H,15H2,1H3/b22-14+. The second-order valence-electron chi connectivity index (χ2n) is 6.71. The molecule has 0 saturated heterocycles. The van der Waals surface area contributed by atoms with E-state index < -0.39 is 5.97 Å². The quantitative estimate of drug-likeness (QED) is 0.473. The summed E-state index contributed by atoms with van der Waals surface area (Å²) in [7, 11) is 1.32. The van der Waals surface area contributed by atoms with E-state index in [1.807, 2.05) is 12.1 Å². The molecule has 0 saturated carbocycles. The monoisotopic (exact) mass is 403 g/mol. The summed E-state index contributed by atoms with van der Waals surface area (Å²) in [4.78, 5) is 26.3. The van der Waals surface area contributed by atoms with Gasteiger partial charge in [0.25, 0.3) is 5.91 Å². The van der Waals surface area contributed by atoms with Gasteiger partial charge >= 0.3 is 5.97 Å². The van der Waals surface area contributed by atoms with Crippen molar-refractivity contribution in [3.63, 3.8) is 0 Å². The summed E-state index contributed by atoms with van der Waals surface area (Å²) in [6, 6.07) is 20.0. The Labute approximate surface area is 173 Å². The van der Waals surface area contributed by atoms with Crippen molar-refractivity contribution in [1.29, 1.82) is 0 Å². The molecule has 0 atom stereocenters. The molecule has 0 bridgehead atoms. The highest BCUT2D eigenvalue weighted by Crippen LogP contribution is 2.36. The molecule has 0 spiro atoms. The molecule has 4 rings (SSSR count). The smallest absolute Gasteiger partial charge is 0.337 e. The Morgan fingerprint density at radius 3 is 2.57 bits per heavy atom. The number of methoxy groups -OCH3 is 1. The number of esters is 1. The zero-order valence-corrected chi connectivity index (χ0v) is 16.2. The lowest BCUT2D eigenvalue weighted by Gasteiger charge is -2.30. The van der Waals surface area contributed by atoms with E-state index in [0.717, 1.165) is 0 Å². The number of rotatable bonds is 4. The van der Waals surface area contributed by atoms with Crippen molar-refractivity contribution >= 4 is 23.6 Å². The number of amides is 1. The second-order valence-corrected chi connectivity index (χ2v) is 6.71. The number of hydrogen-bond donors (Lipinski definition) is 0. The van der Waals surface area contributed by atoms with Gasteiger partial charge in [0.05, 0.1) is 24.9 Å². The van der Waals surface area contributed by atoms with Gasteiger partial charge in [0.2, 0.25) is 0 Å². The van der Waals surface area contributed by atoms with E-state index in [0.29, 0.717) is 28.1 Å². The van der Waals surface area contributed by atoms with Crippen molar-refractivity contribution in [3.8, 4) is 5.75 Å². The predicted octanol–water partition coefficient (Wildman–Crippen LogP) is 4.58. The number of hydrogen-bond acceptors (Lipinski definition) is 4. The molecule has 5 nitrogen and oxygen atoms in total. The van der Waals surface area contributed by atoms with Gasteiger partial charge in [-0.1, -0.05) is 36.4 Å². The highest BCUT2D eigenvalue weighted by molar-refractivity contribution is 6.09. The molecule has 150 valence electrons. The third-order valence-corrected chi connectivity index (χ3v) is 4.69. The van der Waals surface area contributed by atoms with Crippen molar-refractivity contribution < 1.29 is 23.5 Å². The van der Waals surface area contributed by atoms with Crippen molar-refractivity contribution in [3.05, 3.63) is 101 Å². The Kier molecular flexibility index (Phi) is 5.30. The Hall–Kier alpha value is -3.93. The fourth-order valence-corrected chi connectivity index (χ4v) is 3.22. The Morgan fingerprint density at radius 1 is 1.07 bits per heavy atom. The van der Waals surface area contributed by atoms with E-state index in [2.05, 4.69) is 0 Å². The zero-order valence-electron chi connectivity index (χ0n) is 16.2. The van der Waals surface area contributed by atoms with Gasteiger partial charge < -0.3 is 9.47 Å². The molecule has 30 heavy (non-hydrogen) atoms. The topological polar surface area (TPSA) is 55.8 Å². The SMILES string of the molecule is COC(=O)c1ccc(/C=C2/Oc3ccccc3N(Cc3cccc(F)c3)C2=O)cc1. The summed E-state index contributed by atoms with van der Waals surface area (Å²) in [5.74, 6) is -0.464. The molecule has 1 aliphatic heterocycles. The molecule has 0 unspecified atom stereocenters. The van der Waals surface area contributed by atoms with E-state index in [1.165, 1.54) is 19.2 Å². The highest BCUT2D eigenvalue weighted by atomic mass is 19.1. The normalized spacial score (nSPS) is 14.3. The van der Waals surface area contributed by atoms with Gasteiger partial charge in [-0.05, 0) is 53.6 Å². The van der Waals surface area contributed by atoms with Gasteiger partial charge in [0.1, 0.15) is 5.82 Å². The molecule has 6 heteroatoms. The van der Waals surface area contributed by atoms with E-state index in [-0.39, 0.29) is 24.0 Å². The molecule has 1 aliphatic rings. The minimum atomic E-state index is -0.436. The summed E-state index contributed by atoms with van der Waals surface area (Å²) in [6.45, 7) is 0.204. The maximum absolute atomic E-state index is 13.6. The molecule has 0 radical (unpaired) electrons. The molecular formula is C24H18FNO4. The first-order valence-electron chi connectivity index (χ1n) is 9.28. The van der Waals surface area contributed by atoms with E-state index >= 15 is 0 Å². The molecule has 0 fully saturated rings. The van der Waals surface area contributed by atoms with Crippen LogP contribution in [0.25, 0.3) is 6.08 Å². The number of carbonyl (C=O) groups excluding carboxylic acids is 2. The lowest BCUT2D eigenvalue weighted by molar-refractivity contribution is -0.117. The van der Waals surface area contributed by atoms with Gasteiger partial charge in [-0.2, -0.15) is 0 Å². The van der Waals surface area contributed by atoms with Crippen molar-refractivity contribution in [2.45, 2.75) is 6.54 Å². The first kappa shape index (κ1) is 19.4. The summed E-state index contributed by atoms with van der Waals surface area (Å²) >= 11 is 0. The molecule has 1 amide bonds. The lowest BCUT2D eigenvalue weighted by atomic mass is 10.1. The Balaban J connectivity index is 1.68. The molecule has 3 aromatic rings. The van der Waals surface area contributed by atoms with Crippen LogP contribution >= 0.6 is 0 Å². The average Bonchev–Trinajstić information content (AvgIpc) is 2.76. The first-order valence-corrected chi connectivity index (χ1v) is 9.28. The van der Waals surface area contributed by atoms with E-state index in [9.17, 15) is 14.0 Å². The number of carbonyl (C=O) groups is 2. The van der Waals surface area contributed by atoms with Gasteiger partial charge in [-0.15, -0.1) is 0 Å². The molecule has 3 aromatic carbocycles. The lowest BCUT2D eigenvalue weighted by Crippen LogP contribution is -2.36. The molecule has 0 N–H and O–H groups in total. The molecule has 1 heterocycles. The minimum absolute atomic E-state index is 0.135.